The molecule has 0 bridgehead atoms. The molecule has 0 amide bonds. The lowest BCUT2D eigenvalue weighted by Crippen LogP contribution is -2.08. The zero-order valence-corrected chi connectivity index (χ0v) is 7.83. The van der Waals surface area contributed by atoms with E-state index in [0.717, 1.165) is 5.56 Å². The monoisotopic (exact) mass is 195 g/mol. The third-order valence-corrected chi connectivity index (χ3v) is 1.96. The summed E-state index contributed by atoms with van der Waals surface area (Å²) in [5, 5.41) is 18.3. The molecule has 3 heteroatoms. The van der Waals surface area contributed by atoms with Gasteiger partial charge in [0.1, 0.15) is 0 Å². The molecule has 0 saturated heterocycles. The predicted octanol–water partition coefficient (Wildman–Crippen LogP) is 2.16. The van der Waals surface area contributed by atoms with E-state index in [4.69, 9.17) is 16.9 Å². The Balaban J connectivity index is 2.55. The molecular formula is C10H10ClNO. The van der Waals surface area contributed by atoms with Crippen LogP contribution in [0.4, 0.5) is 0 Å². The molecule has 1 N–H and O–H groups in total. The van der Waals surface area contributed by atoms with Crippen molar-refractivity contribution in [1.82, 2.24) is 0 Å². The molecule has 68 valence electrons. The van der Waals surface area contributed by atoms with Gasteiger partial charge in [-0.1, -0.05) is 23.7 Å². The molecule has 0 radical (unpaired) electrons. The van der Waals surface area contributed by atoms with Crippen LogP contribution in [0.5, 0.6) is 0 Å². The van der Waals surface area contributed by atoms with Crippen LogP contribution >= 0.6 is 11.6 Å². The fourth-order valence-electron chi connectivity index (χ4n) is 1.07. The Morgan fingerprint density at radius 1 is 1.38 bits per heavy atom. The highest BCUT2D eigenvalue weighted by molar-refractivity contribution is 6.30. The van der Waals surface area contributed by atoms with Crippen LogP contribution in [0.3, 0.4) is 0 Å². The Kier molecular flexibility index (Phi) is 3.75. The third-order valence-electron chi connectivity index (χ3n) is 1.71. The van der Waals surface area contributed by atoms with Crippen LogP contribution in [0, 0.1) is 11.3 Å². The smallest absolute Gasteiger partial charge is 0.0710 e. The number of hydrogen-bond acceptors (Lipinski definition) is 2. The van der Waals surface area contributed by atoms with Crippen molar-refractivity contribution >= 4 is 11.6 Å². The van der Waals surface area contributed by atoms with Gasteiger partial charge >= 0.3 is 0 Å². The van der Waals surface area contributed by atoms with E-state index in [9.17, 15) is 5.11 Å². The maximum atomic E-state index is 9.32. The van der Waals surface area contributed by atoms with Gasteiger partial charge in [-0.2, -0.15) is 5.26 Å². The SMILES string of the molecule is N#CCC(O)Cc1ccc(Cl)cc1. The first-order valence-corrected chi connectivity index (χ1v) is 4.39. The number of halogens is 1. The maximum Gasteiger partial charge on any atom is 0.0710 e. The van der Waals surface area contributed by atoms with Crippen LogP contribution in [0.2, 0.25) is 5.02 Å². The van der Waals surface area contributed by atoms with Crippen LogP contribution in [-0.4, -0.2) is 11.2 Å². The lowest BCUT2D eigenvalue weighted by Gasteiger charge is -2.05. The minimum atomic E-state index is -0.578. The molecule has 1 atom stereocenters. The number of nitriles is 1. The molecule has 0 spiro atoms. The van der Waals surface area contributed by atoms with Gasteiger partial charge in [-0.25, -0.2) is 0 Å². The fraction of sp³-hybridized carbons (Fsp3) is 0.300. The van der Waals surface area contributed by atoms with Crippen molar-refractivity contribution in [2.24, 2.45) is 0 Å². The summed E-state index contributed by atoms with van der Waals surface area (Å²) >= 11 is 5.69. The zero-order valence-electron chi connectivity index (χ0n) is 7.07. The van der Waals surface area contributed by atoms with Crippen molar-refractivity contribution in [1.29, 1.82) is 5.26 Å². The van der Waals surface area contributed by atoms with Crippen LogP contribution in [0.1, 0.15) is 12.0 Å². The zero-order chi connectivity index (χ0) is 9.68. The highest BCUT2D eigenvalue weighted by Crippen LogP contribution is 2.11. The summed E-state index contributed by atoms with van der Waals surface area (Å²) in [5.74, 6) is 0. The van der Waals surface area contributed by atoms with Gasteiger partial charge in [0.2, 0.25) is 0 Å². The fourth-order valence-corrected chi connectivity index (χ4v) is 1.20. The van der Waals surface area contributed by atoms with Crippen molar-refractivity contribution < 1.29 is 5.11 Å². The third kappa shape index (κ3) is 3.45. The Morgan fingerprint density at radius 3 is 2.54 bits per heavy atom. The Hall–Kier alpha value is -1.04. The van der Waals surface area contributed by atoms with Gasteiger partial charge in [0.15, 0.2) is 0 Å². The molecule has 0 saturated carbocycles. The Labute approximate surface area is 82.4 Å². The molecule has 1 aromatic rings. The average molecular weight is 196 g/mol. The molecule has 0 heterocycles. The first-order valence-electron chi connectivity index (χ1n) is 4.02. The minimum Gasteiger partial charge on any atom is -0.392 e. The standard InChI is InChI=1S/C10H10ClNO/c11-9-3-1-8(2-4-9)7-10(13)5-6-12/h1-4,10,13H,5,7H2. The summed E-state index contributed by atoms with van der Waals surface area (Å²) in [7, 11) is 0. The molecule has 0 aromatic heterocycles. The average Bonchev–Trinajstić information content (AvgIpc) is 2.09. The largest absolute Gasteiger partial charge is 0.392 e. The quantitative estimate of drug-likeness (QED) is 0.803. The molecular weight excluding hydrogens is 186 g/mol. The van der Waals surface area contributed by atoms with Crippen LogP contribution in [-0.2, 0) is 6.42 Å². The highest BCUT2D eigenvalue weighted by atomic mass is 35.5. The molecule has 1 unspecified atom stereocenters. The first-order chi connectivity index (χ1) is 6.22. The van der Waals surface area contributed by atoms with E-state index in [1.807, 2.05) is 18.2 Å². The summed E-state index contributed by atoms with van der Waals surface area (Å²) in [6.07, 6.45) is 0.0963. The Morgan fingerprint density at radius 2 is 2.00 bits per heavy atom. The van der Waals surface area contributed by atoms with E-state index in [1.165, 1.54) is 0 Å². The van der Waals surface area contributed by atoms with E-state index >= 15 is 0 Å². The second-order valence-electron chi connectivity index (χ2n) is 2.85. The van der Waals surface area contributed by atoms with Crippen molar-refractivity contribution in [2.45, 2.75) is 18.9 Å². The second kappa shape index (κ2) is 4.86. The predicted molar refractivity (Wildman–Crippen MR) is 51.4 cm³/mol. The number of nitrogens with zero attached hydrogens (tertiary/aromatic N) is 1. The van der Waals surface area contributed by atoms with Gasteiger partial charge in [-0.3, -0.25) is 0 Å². The molecule has 0 aliphatic carbocycles. The molecule has 1 aromatic carbocycles. The van der Waals surface area contributed by atoms with Gasteiger partial charge in [0.25, 0.3) is 0 Å². The Bertz CT molecular complexity index is 302. The summed E-state index contributed by atoms with van der Waals surface area (Å²) in [6, 6.07) is 9.17. The van der Waals surface area contributed by atoms with Gasteiger partial charge in [0, 0.05) is 5.02 Å². The van der Waals surface area contributed by atoms with Gasteiger partial charge in [-0.05, 0) is 24.1 Å². The number of aliphatic hydroxyl groups is 1. The van der Waals surface area contributed by atoms with E-state index in [2.05, 4.69) is 0 Å². The summed E-state index contributed by atoms with van der Waals surface area (Å²) in [6.45, 7) is 0. The summed E-state index contributed by atoms with van der Waals surface area (Å²) < 4.78 is 0. The maximum absolute atomic E-state index is 9.32. The molecule has 0 fully saturated rings. The van der Waals surface area contributed by atoms with Crippen molar-refractivity contribution in [2.75, 3.05) is 0 Å². The topological polar surface area (TPSA) is 44.0 Å². The number of benzene rings is 1. The minimum absolute atomic E-state index is 0.169. The number of rotatable bonds is 3. The van der Waals surface area contributed by atoms with Gasteiger partial charge in [-0.15, -0.1) is 0 Å². The summed E-state index contributed by atoms with van der Waals surface area (Å²) in [4.78, 5) is 0. The number of aliphatic hydroxyl groups excluding tert-OH is 1. The molecule has 0 aliphatic heterocycles. The van der Waals surface area contributed by atoms with E-state index in [0.29, 0.717) is 11.4 Å². The van der Waals surface area contributed by atoms with Crippen molar-refractivity contribution in [3.8, 4) is 6.07 Å². The summed E-state index contributed by atoms with van der Waals surface area (Å²) in [5.41, 5.74) is 0.993. The van der Waals surface area contributed by atoms with Crippen molar-refractivity contribution in [3.05, 3.63) is 34.9 Å². The van der Waals surface area contributed by atoms with Crippen LogP contribution in [0.25, 0.3) is 0 Å². The van der Waals surface area contributed by atoms with Gasteiger partial charge in [0.05, 0.1) is 18.6 Å². The highest BCUT2D eigenvalue weighted by Gasteiger charge is 2.03. The molecule has 2 nitrogen and oxygen atoms in total. The normalized spacial score (nSPS) is 12.1. The van der Waals surface area contributed by atoms with Crippen LogP contribution < -0.4 is 0 Å². The lowest BCUT2D eigenvalue weighted by molar-refractivity contribution is 0.180. The molecule has 0 aliphatic rings. The lowest BCUT2D eigenvalue weighted by atomic mass is 10.1. The van der Waals surface area contributed by atoms with Gasteiger partial charge < -0.3 is 5.11 Å². The van der Waals surface area contributed by atoms with Crippen molar-refractivity contribution in [3.63, 3.8) is 0 Å². The number of hydrogen-bond donors (Lipinski definition) is 1. The van der Waals surface area contributed by atoms with Crippen LogP contribution in [0.15, 0.2) is 24.3 Å². The van der Waals surface area contributed by atoms with E-state index < -0.39 is 6.10 Å². The second-order valence-corrected chi connectivity index (χ2v) is 3.28. The first kappa shape index (κ1) is 10.0. The molecule has 13 heavy (non-hydrogen) atoms. The molecule has 1 rings (SSSR count). The van der Waals surface area contributed by atoms with E-state index in [-0.39, 0.29) is 6.42 Å². The van der Waals surface area contributed by atoms with E-state index in [1.54, 1.807) is 12.1 Å².